The molecule has 70 valence electrons. The summed E-state index contributed by atoms with van der Waals surface area (Å²) >= 11 is 0. The number of hydrogen-bond acceptors (Lipinski definition) is 2. The second-order valence-corrected chi connectivity index (χ2v) is 3.15. The largest absolute Gasteiger partial charge is 0.398 e. The highest BCUT2D eigenvalue weighted by molar-refractivity contribution is 6.01. The van der Waals surface area contributed by atoms with Gasteiger partial charge >= 0.3 is 0 Å². The second kappa shape index (κ2) is 3.03. The summed E-state index contributed by atoms with van der Waals surface area (Å²) in [5.74, 6) is -0.435. The number of hydrogen-bond donors (Lipinski definition) is 2. The van der Waals surface area contributed by atoms with Gasteiger partial charge in [0.15, 0.2) is 0 Å². The summed E-state index contributed by atoms with van der Waals surface area (Å²) < 4.78 is 0. The van der Waals surface area contributed by atoms with Gasteiger partial charge in [0.05, 0.1) is 0 Å². The fraction of sp³-hybridized carbons (Fsp3) is 0. The van der Waals surface area contributed by atoms with E-state index in [1.807, 2.05) is 18.2 Å². The van der Waals surface area contributed by atoms with Crippen LogP contribution in [0.3, 0.4) is 0 Å². The first-order valence-electron chi connectivity index (χ1n) is 4.26. The summed E-state index contributed by atoms with van der Waals surface area (Å²) in [6, 6.07) is 10.9. The molecule has 0 saturated carbocycles. The van der Waals surface area contributed by atoms with Crippen LogP contribution >= 0.6 is 0 Å². The number of rotatable bonds is 1. The zero-order chi connectivity index (χ0) is 10.1. The molecule has 2 aromatic carbocycles. The smallest absolute Gasteiger partial charge is 0.248 e. The Morgan fingerprint density at radius 1 is 1.14 bits per heavy atom. The number of primary amides is 1. The molecule has 0 aromatic heterocycles. The lowest BCUT2D eigenvalue weighted by atomic mass is 10.1. The Bertz CT molecular complexity index is 506. The Labute approximate surface area is 81.3 Å². The number of benzene rings is 2. The maximum Gasteiger partial charge on any atom is 0.248 e. The topological polar surface area (TPSA) is 69.1 Å². The summed E-state index contributed by atoms with van der Waals surface area (Å²) in [4.78, 5) is 10.9. The van der Waals surface area contributed by atoms with E-state index >= 15 is 0 Å². The first kappa shape index (κ1) is 8.56. The minimum Gasteiger partial charge on any atom is -0.398 e. The van der Waals surface area contributed by atoms with Crippen molar-refractivity contribution in [3.8, 4) is 0 Å². The average molecular weight is 186 g/mol. The van der Waals surface area contributed by atoms with Gasteiger partial charge in [0.1, 0.15) is 0 Å². The van der Waals surface area contributed by atoms with Crippen LogP contribution in [0.1, 0.15) is 10.4 Å². The zero-order valence-corrected chi connectivity index (χ0v) is 7.53. The monoisotopic (exact) mass is 186 g/mol. The standard InChI is InChI=1S/C11H10N2O/c12-10-3-1-2-7-4-5-8(11(13)14)6-9(7)10/h1-6H,12H2,(H2,13,14). The normalized spacial score (nSPS) is 10.3. The zero-order valence-electron chi connectivity index (χ0n) is 7.53. The minimum absolute atomic E-state index is 0.435. The Balaban J connectivity index is 2.76. The molecule has 0 aliphatic carbocycles. The van der Waals surface area contributed by atoms with Crippen molar-refractivity contribution < 1.29 is 4.79 Å². The maximum absolute atomic E-state index is 10.9. The van der Waals surface area contributed by atoms with Gasteiger partial charge < -0.3 is 11.5 Å². The molecule has 0 unspecified atom stereocenters. The number of anilines is 1. The molecule has 0 bridgehead atoms. The molecule has 0 radical (unpaired) electrons. The van der Waals surface area contributed by atoms with Crippen molar-refractivity contribution in [1.82, 2.24) is 0 Å². The molecule has 2 rings (SSSR count). The van der Waals surface area contributed by atoms with Crippen molar-refractivity contribution >= 4 is 22.4 Å². The average Bonchev–Trinajstić information content (AvgIpc) is 2.18. The summed E-state index contributed by atoms with van der Waals surface area (Å²) in [7, 11) is 0. The van der Waals surface area contributed by atoms with Crippen molar-refractivity contribution in [2.24, 2.45) is 5.73 Å². The Morgan fingerprint density at radius 3 is 2.64 bits per heavy atom. The maximum atomic E-state index is 10.9. The van der Waals surface area contributed by atoms with Crippen LogP contribution in [-0.2, 0) is 0 Å². The Kier molecular flexibility index (Phi) is 1.85. The van der Waals surface area contributed by atoms with Gasteiger partial charge in [-0.3, -0.25) is 4.79 Å². The quantitative estimate of drug-likeness (QED) is 0.663. The number of amides is 1. The highest BCUT2D eigenvalue weighted by Gasteiger charge is 2.02. The lowest BCUT2D eigenvalue weighted by Crippen LogP contribution is -2.10. The van der Waals surface area contributed by atoms with E-state index in [2.05, 4.69) is 0 Å². The van der Waals surface area contributed by atoms with E-state index in [-0.39, 0.29) is 0 Å². The van der Waals surface area contributed by atoms with Crippen molar-refractivity contribution in [1.29, 1.82) is 0 Å². The van der Waals surface area contributed by atoms with Crippen LogP contribution in [-0.4, -0.2) is 5.91 Å². The molecule has 2 aromatic rings. The van der Waals surface area contributed by atoms with E-state index in [1.165, 1.54) is 0 Å². The number of carbonyl (C=O) groups excluding carboxylic acids is 1. The summed E-state index contributed by atoms with van der Waals surface area (Å²) in [5, 5.41) is 1.87. The third kappa shape index (κ3) is 1.29. The molecular formula is C11H10N2O. The van der Waals surface area contributed by atoms with Gasteiger partial charge in [-0.15, -0.1) is 0 Å². The fourth-order valence-corrected chi connectivity index (χ4v) is 1.45. The first-order valence-corrected chi connectivity index (χ1v) is 4.26. The molecule has 0 heterocycles. The van der Waals surface area contributed by atoms with Gasteiger partial charge in [-0.2, -0.15) is 0 Å². The van der Waals surface area contributed by atoms with Crippen molar-refractivity contribution in [2.75, 3.05) is 5.73 Å². The van der Waals surface area contributed by atoms with Crippen LogP contribution in [0.5, 0.6) is 0 Å². The van der Waals surface area contributed by atoms with E-state index in [0.717, 1.165) is 10.8 Å². The van der Waals surface area contributed by atoms with Gasteiger partial charge in [-0.25, -0.2) is 0 Å². The Morgan fingerprint density at radius 2 is 1.93 bits per heavy atom. The molecule has 4 N–H and O–H groups in total. The van der Waals surface area contributed by atoms with Gasteiger partial charge in [-0.05, 0) is 23.6 Å². The summed E-state index contributed by atoms with van der Waals surface area (Å²) in [6.45, 7) is 0. The summed E-state index contributed by atoms with van der Waals surface area (Å²) in [5.41, 5.74) is 12.1. The predicted octanol–water partition coefficient (Wildman–Crippen LogP) is 1.52. The third-order valence-electron chi connectivity index (χ3n) is 2.20. The van der Waals surface area contributed by atoms with E-state index in [1.54, 1.807) is 18.2 Å². The highest BCUT2D eigenvalue weighted by Crippen LogP contribution is 2.21. The molecule has 0 atom stereocenters. The number of fused-ring (bicyclic) bond motifs is 1. The van der Waals surface area contributed by atoms with Crippen LogP contribution < -0.4 is 11.5 Å². The van der Waals surface area contributed by atoms with Crippen LogP contribution in [0.2, 0.25) is 0 Å². The molecule has 0 aliphatic rings. The van der Waals surface area contributed by atoms with E-state index in [0.29, 0.717) is 11.3 Å². The Hall–Kier alpha value is -2.03. The molecule has 14 heavy (non-hydrogen) atoms. The lowest BCUT2D eigenvalue weighted by Gasteiger charge is -2.02. The fourth-order valence-electron chi connectivity index (χ4n) is 1.45. The molecule has 3 heteroatoms. The van der Waals surface area contributed by atoms with Crippen LogP contribution in [0.4, 0.5) is 5.69 Å². The van der Waals surface area contributed by atoms with Crippen LogP contribution in [0, 0.1) is 0 Å². The molecule has 3 nitrogen and oxygen atoms in total. The van der Waals surface area contributed by atoms with Crippen molar-refractivity contribution in [3.63, 3.8) is 0 Å². The third-order valence-corrected chi connectivity index (χ3v) is 2.20. The van der Waals surface area contributed by atoms with E-state index < -0.39 is 5.91 Å². The van der Waals surface area contributed by atoms with Crippen molar-refractivity contribution in [2.45, 2.75) is 0 Å². The molecule has 0 fully saturated rings. The molecule has 0 spiro atoms. The number of nitrogen functional groups attached to an aromatic ring is 1. The summed E-state index contributed by atoms with van der Waals surface area (Å²) in [6.07, 6.45) is 0. The SMILES string of the molecule is NC(=O)c1ccc2cccc(N)c2c1. The van der Waals surface area contributed by atoms with Gasteiger partial charge in [0.2, 0.25) is 5.91 Å². The number of carbonyl (C=O) groups is 1. The second-order valence-electron chi connectivity index (χ2n) is 3.15. The van der Waals surface area contributed by atoms with Crippen molar-refractivity contribution in [3.05, 3.63) is 42.0 Å². The molecule has 0 aliphatic heterocycles. The van der Waals surface area contributed by atoms with E-state index in [4.69, 9.17) is 11.5 Å². The van der Waals surface area contributed by atoms with Gasteiger partial charge in [-0.1, -0.05) is 18.2 Å². The molecule has 0 saturated heterocycles. The molecule has 1 amide bonds. The van der Waals surface area contributed by atoms with E-state index in [9.17, 15) is 4.79 Å². The minimum atomic E-state index is -0.435. The number of nitrogens with two attached hydrogens (primary N) is 2. The van der Waals surface area contributed by atoms with Crippen LogP contribution in [0.25, 0.3) is 10.8 Å². The highest BCUT2D eigenvalue weighted by atomic mass is 16.1. The molecular weight excluding hydrogens is 176 g/mol. The van der Waals surface area contributed by atoms with Gasteiger partial charge in [0, 0.05) is 16.6 Å². The first-order chi connectivity index (χ1) is 6.68. The predicted molar refractivity (Wildman–Crippen MR) is 56.9 cm³/mol. The lowest BCUT2D eigenvalue weighted by molar-refractivity contribution is 0.100. The van der Waals surface area contributed by atoms with Crippen LogP contribution in [0.15, 0.2) is 36.4 Å². The van der Waals surface area contributed by atoms with Gasteiger partial charge in [0.25, 0.3) is 0 Å².